The summed E-state index contributed by atoms with van der Waals surface area (Å²) in [6, 6.07) is 0. The van der Waals surface area contributed by atoms with E-state index in [0.29, 0.717) is 12.4 Å². The summed E-state index contributed by atoms with van der Waals surface area (Å²) < 4.78 is 21.9. The average molecular weight is 260 g/mol. The standard InChI is InChI=1S/C9H16N4O3S/c1-2-3-4-5-11-7-6-12-9(8(14)13-7)17(10,15)16/h6H,2-5H2,1H3,(H2,10,15,16)(H2,11,13,14). The van der Waals surface area contributed by atoms with E-state index >= 15 is 0 Å². The minimum Gasteiger partial charge on any atom is -0.370 e. The van der Waals surface area contributed by atoms with Crippen LogP contribution in [0.5, 0.6) is 0 Å². The van der Waals surface area contributed by atoms with Crippen LogP contribution in [0.2, 0.25) is 0 Å². The topological polar surface area (TPSA) is 118 Å². The molecule has 0 atom stereocenters. The Bertz CT molecular complexity index is 523. The molecular formula is C9H16N4O3S. The van der Waals surface area contributed by atoms with Crippen molar-refractivity contribution in [3.05, 3.63) is 16.6 Å². The highest BCUT2D eigenvalue weighted by Gasteiger charge is 2.14. The van der Waals surface area contributed by atoms with Crippen LogP contribution in [0.1, 0.15) is 26.2 Å². The van der Waals surface area contributed by atoms with Crippen LogP contribution >= 0.6 is 0 Å². The molecule has 7 nitrogen and oxygen atoms in total. The molecule has 0 aliphatic rings. The monoisotopic (exact) mass is 260 g/mol. The zero-order valence-electron chi connectivity index (χ0n) is 9.56. The molecule has 1 aromatic heterocycles. The molecule has 0 radical (unpaired) electrons. The molecule has 1 aromatic rings. The highest BCUT2D eigenvalue weighted by molar-refractivity contribution is 7.89. The van der Waals surface area contributed by atoms with Crippen molar-refractivity contribution < 1.29 is 8.42 Å². The average Bonchev–Trinajstić information content (AvgIpc) is 2.23. The molecule has 1 rings (SSSR count). The zero-order chi connectivity index (χ0) is 12.9. The molecule has 0 spiro atoms. The quantitative estimate of drug-likeness (QED) is 0.623. The van der Waals surface area contributed by atoms with Gasteiger partial charge in [-0.1, -0.05) is 19.8 Å². The van der Waals surface area contributed by atoms with Crippen LogP contribution in [0.15, 0.2) is 16.0 Å². The second-order valence-corrected chi connectivity index (χ2v) is 5.09. The van der Waals surface area contributed by atoms with Crippen LogP contribution in [0.3, 0.4) is 0 Å². The van der Waals surface area contributed by atoms with Gasteiger partial charge in [0.05, 0.1) is 6.20 Å². The van der Waals surface area contributed by atoms with Crippen molar-refractivity contribution in [1.29, 1.82) is 0 Å². The number of rotatable bonds is 6. The number of primary sulfonamides is 1. The van der Waals surface area contributed by atoms with E-state index in [2.05, 4.69) is 22.2 Å². The molecule has 0 aliphatic carbocycles. The van der Waals surface area contributed by atoms with Gasteiger partial charge < -0.3 is 10.3 Å². The summed E-state index contributed by atoms with van der Waals surface area (Å²) in [5.74, 6) is 0.388. The molecule has 8 heteroatoms. The van der Waals surface area contributed by atoms with Gasteiger partial charge in [0, 0.05) is 6.54 Å². The first-order valence-corrected chi connectivity index (χ1v) is 6.85. The fraction of sp³-hybridized carbons (Fsp3) is 0.556. The van der Waals surface area contributed by atoms with Crippen molar-refractivity contribution in [3.8, 4) is 0 Å². The maximum absolute atomic E-state index is 11.4. The van der Waals surface area contributed by atoms with E-state index in [4.69, 9.17) is 5.14 Å². The van der Waals surface area contributed by atoms with Crippen LogP contribution in [0, 0.1) is 0 Å². The number of unbranched alkanes of at least 4 members (excludes halogenated alkanes) is 2. The largest absolute Gasteiger partial charge is 0.370 e. The maximum Gasteiger partial charge on any atom is 0.288 e. The van der Waals surface area contributed by atoms with E-state index in [1.165, 1.54) is 6.20 Å². The summed E-state index contributed by atoms with van der Waals surface area (Å²) in [6.07, 6.45) is 4.39. The highest BCUT2D eigenvalue weighted by atomic mass is 32.2. The van der Waals surface area contributed by atoms with Gasteiger partial charge in [0.15, 0.2) is 0 Å². The van der Waals surface area contributed by atoms with Gasteiger partial charge in [0.2, 0.25) is 5.03 Å². The lowest BCUT2D eigenvalue weighted by atomic mass is 10.2. The fourth-order valence-electron chi connectivity index (χ4n) is 1.28. The molecule has 0 saturated heterocycles. The smallest absolute Gasteiger partial charge is 0.288 e. The summed E-state index contributed by atoms with van der Waals surface area (Å²) in [7, 11) is -4.06. The number of H-pyrrole nitrogens is 1. The molecule has 0 unspecified atom stereocenters. The number of hydrogen-bond donors (Lipinski definition) is 3. The number of aromatic nitrogens is 2. The summed E-state index contributed by atoms with van der Waals surface area (Å²) in [6.45, 7) is 2.78. The van der Waals surface area contributed by atoms with Crippen molar-refractivity contribution >= 4 is 15.8 Å². The van der Waals surface area contributed by atoms with Crippen molar-refractivity contribution in [3.63, 3.8) is 0 Å². The number of nitrogens with zero attached hydrogens (tertiary/aromatic N) is 1. The van der Waals surface area contributed by atoms with Crippen LogP contribution in [-0.2, 0) is 10.0 Å². The van der Waals surface area contributed by atoms with Gasteiger partial charge in [0.1, 0.15) is 5.82 Å². The van der Waals surface area contributed by atoms with E-state index in [9.17, 15) is 13.2 Å². The number of sulfonamides is 1. The molecule has 4 N–H and O–H groups in total. The third-order valence-electron chi connectivity index (χ3n) is 2.12. The SMILES string of the molecule is CCCCCNc1cnc(S(N)(=O)=O)c(=O)[nH]1. The summed E-state index contributed by atoms with van der Waals surface area (Å²) >= 11 is 0. The second kappa shape index (κ2) is 5.78. The predicted octanol–water partition coefficient (Wildman–Crippen LogP) is 0.0194. The summed E-state index contributed by atoms with van der Waals surface area (Å²) in [4.78, 5) is 17.3. The van der Waals surface area contributed by atoms with E-state index in [1.54, 1.807) is 0 Å². The Hall–Kier alpha value is -1.41. The minimum atomic E-state index is -4.06. The van der Waals surface area contributed by atoms with Crippen molar-refractivity contribution in [2.24, 2.45) is 5.14 Å². The van der Waals surface area contributed by atoms with Crippen molar-refractivity contribution in [2.45, 2.75) is 31.2 Å². The lowest BCUT2D eigenvalue weighted by molar-refractivity contribution is 0.592. The first-order valence-electron chi connectivity index (χ1n) is 5.31. The van der Waals surface area contributed by atoms with Crippen molar-refractivity contribution in [2.75, 3.05) is 11.9 Å². The Balaban J connectivity index is 2.73. The first-order chi connectivity index (χ1) is 7.95. The predicted molar refractivity (Wildman–Crippen MR) is 64.2 cm³/mol. The molecule has 1 heterocycles. The Morgan fingerprint density at radius 2 is 2.18 bits per heavy atom. The molecule has 0 aliphatic heterocycles. The second-order valence-electron chi connectivity index (χ2n) is 3.61. The molecule has 0 fully saturated rings. The number of hydrogen-bond acceptors (Lipinski definition) is 5. The Labute approximate surface area is 99.5 Å². The molecule has 0 bridgehead atoms. The van der Waals surface area contributed by atoms with E-state index in [1.807, 2.05) is 0 Å². The van der Waals surface area contributed by atoms with Crippen LogP contribution in [0.25, 0.3) is 0 Å². The summed E-state index contributed by atoms with van der Waals surface area (Å²) in [5, 5.41) is 7.09. The van der Waals surface area contributed by atoms with Gasteiger partial charge in [-0.05, 0) is 6.42 Å². The minimum absolute atomic E-state index is 0.388. The zero-order valence-corrected chi connectivity index (χ0v) is 10.4. The number of anilines is 1. The molecule has 0 amide bonds. The highest BCUT2D eigenvalue weighted by Crippen LogP contribution is 2.01. The first kappa shape index (κ1) is 13.7. The van der Waals surface area contributed by atoms with Gasteiger partial charge in [-0.2, -0.15) is 0 Å². The summed E-state index contributed by atoms with van der Waals surface area (Å²) in [5.41, 5.74) is -0.812. The lowest BCUT2D eigenvalue weighted by Crippen LogP contribution is -2.25. The molecule has 0 saturated carbocycles. The molecular weight excluding hydrogens is 244 g/mol. The Morgan fingerprint density at radius 1 is 1.47 bits per heavy atom. The van der Waals surface area contributed by atoms with Gasteiger partial charge in [-0.3, -0.25) is 4.79 Å². The number of aromatic amines is 1. The third-order valence-corrected chi connectivity index (χ3v) is 2.95. The van der Waals surface area contributed by atoms with Crippen LogP contribution in [0.4, 0.5) is 5.82 Å². The fourth-order valence-corrected chi connectivity index (χ4v) is 1.79. The normalized spacial score (nSPS) is 11.4. The van der Waals surface area contributed by atoms with Crippen LogP contribution < -0.4 is 16.0 Å². The maximum atomic E-state index is 11.4. The van der Waals surface area contributed by atoms with Crippen LogP contribution in [-0.4, -0.2) is 24.9 Å². The van der Waals surface area contributed by atoms with Gasteiger partial charge in [-0.15, -0.1) is 0 Å². The Morgan fingerprint density at radius 3 is 2.71 bits per heavy atom. The third kappa shape index (κ3) is 4.16. The molecule has 96 valence electrons. The van der Waals surface area contributed by atoms with Gasteiger partial charge in [-0.25, -0.2) is 18.5 Å². The van der Waals surface area contributed by atoms with E-state index in [-0.39, 0.29) is 0 Å². The van der Waals surface area contributed by atoms with Crippen molar-refractivity contribution in [1.82, 2.24) is 9.97 Å². The number of nitrogens with one attached hydrogen (secondary N) is 2. The Kier molecular flexibility index (Phi) is 4.64. The molecule has 0 aromatic carbocycles. The number of nitrogens with two attached hydrogens (primary N) is 1. The van der Waals surface area contributed by atoms with Gasteiger partial charge >= 0.3 is 0 Å². The molecule has 17 heavy (non-hydrogen) atoms. The van der Waals surface area contributed by atoms with E-state index < -0.39 is 20.6 Å². The van der Waals surface area contributed by atoms with Gasteiger partial charge in [0.25, 0.3) is 15.6 Å². The van der Waals surface area contributed by atoms with E-state index in [0.717, 1.165) is 19.3 Å². The lowest BCUT2D eigenvalue weighted by Gasteiger charge is -2.05.